The van der Waals surface area contributed by atoms with E-state index >= 15 is 0 Å². The second kappa shape index (κ2) is 8.67. The van der Waals surface area contributed by atoms with Crippen LogP contribution in [0.1, 0.15) is 44.3 Å². The maximum absolute atomic E-state index is 12.7. The number of rotatable bonds is 4. The van der Waals surface area contributed by atoms with Crippen molar-refractivity contribution in [3.05, 3.63) is 36.1 Å². The summed E-state index contributed by atoms with van der Waals surface area (Å²) >= 11 is 0. The quantitative estimate of drug-likeness (QED) is 0.629. The van der Waals surface area contributed by atoms with Crippen molar-refractivity contribution in [2.75, 3.05) is 20.1 Å². The normalized spacial score (nSPS) is 21.2. The smallest absolute Gasteiger partial charge is 0.225 e. The Morgan fingerprint density at radius 1 is 1.21 bits per heavy atom. The van der Waals surface area contributed by atoms with Gasteiger partial charge in [0.1, 0.15) is 11.3 Å². The molecule has 1 amide bonds. The van der Waals surface area contributed by atoms with Crippen LogP contribution in [0.3, 0.4) is 0 Å². The molecule has 1 aromatic heterocycles. The Hall–Kier alpha value is -2.50. The minimum atomic E-state index is 0.245. The second-order valence-electron chi connectivity index (χ2n) is 7.93. The number of aliphatic imine (C=N–C) groups is 1. The number of nitrogens with zero attached hydrogens (tertiary/aromatic N) is 2. The molecule has 28 heavy (non-hydrogen) atoms. The van der Waals surface area contributed by atoms with Crippen molar-refractivity contribution < 1.29 is 9.21 Å². The molecule has 2 heterocycles. The van der Waals surface area contributed by atoms with Gasteiger partial charge in [0.05, 0.1) is 6.54 Å². The number of nitrogens with one attached hydrogen (secondary N) is 2. The van der Waals surface area contributed by atoms with Crippen LogP contribution in [0.5, 0.6) is 0 Å². The highest BCUT2D eigenvalue weighted by Crippen LogP contribution is 2.26. The van der Waals surface area contributed by atoms with Crippen LogP contribution in [0.2, 0.25) is 0 Å². The Balaban J connectivity index is 1.27. The highest BCUT2D eigenvalue weighted by Gasteiger charge is 2.31. The molecule has 1 aliphatic carbocycles. The van der Waals surface area contributed by atoms with Gasteiger partial charge in [-0.25, -0.2) is 0 Å². The number of para-hydroxylation sites is 1. The lowest BCUT2D eigenvalue weighted by Crippen LogP contribution is -2.45. The maximum atomic E-state index is 12.7. The zero-order chi connectivity index (χ0) is 19.3. The van der Waals surface area contributed by atoms with Crippen LogP contribution >= 0.6 is 0 Å². The fourth-order valence-electron chi connectivity index (χ4n) is 4.37. The Morgan fingerprint density at radius 3 is 2.82 bits per heavy atom. The predicted molar refractivity (Wildman–Crippen MR) is 111 cm³/mol. The van der Waals surface area contributed by atoms with Crippen LogP contribution in [-0.2, 0) is 11.3 Å². The molecule has 1 saturated carbocycles. The first kappa shape index (κ1) is 18.8. The molecule has 1 saturated heterocycles. The van der Waals surface area contributed by atoms with Crippen LogP contribution in [0.15, 0.2) is 39.7 Å². The van der Waals surface area contributed by atoms with Gasteiger partial charge in [-0.3, -0.25) is 9.79 Å². The van der Waals surface area contributed by atoms with Gasteiger partial charge in [0.2, 0.25) is 5.91 Å². The number of hydrogen-bond donors (Lipinski definition) is 2. The summed E-state index contributed by atoms with van der Waals surface area (Å²) in [5, 5.41) is 7.89. The van der Waals surface area contributed by atoms with Gasteiger partial charge in [0, 0.05) is 37.5 Å². The summed E-state index contributed by atoms with van der Waals surface area (Å²) in [6.45, 7) is 2.18. The second-order valence-corrected chi connectivity index (χ2v) is 7.93. The van der Waals surface area contributed by atoms with Gasteiger partial charge in [-0.15, -0.1) is 0 Å². The zero-order valence-electron chi connectivity index (χ0n) is 16.6. The third-order valence-corrected chi connectivity index (χ3v) is 5.93. The van der Waals surface area contributed by atoms with Crippen molar-refractivity contribution in [1.29, 1.82) is 0 Å². The van der Waals surface area contributed by atoms with E-state index in [-0.39, 0.29) is 12.0 Å². The molecular formula is C22H30N4O2. The molecule has 0 radical (unpaired) electrons. The third-order valence-electron chi connectivity index (χ3n) is 5.93. The summed E-state index contributed by atoms with van der Waals surface area (Å²) in [7, 11) is 1.77. The number of carbonyl (C=O) groups is 1. The fraction of sp³-hybridized carbons (Fsp3) is 0.545. The number of amides is 1. The Morgan fingerprint density at radius 2 is 2.04 bits per heavy atom. The topological polar surface area (TPSA) is 69.9 Å². The van der Waals surface area contributed by atoms with Crippen molar-refractivity contribution in [3.63, 3.8) is 0 Å². The Bertz CT molecular complexity index is 805. The molecule has 1 aliphatic heterocycles. The minimum absolute atomic E-state index is 0.245. The number of hydrogen-bond acceptors (Lipinski definition) is 3. The summed E-state index contributed by atoms with van der Waals surface area (Å²) in [4.78, 5) is 19.1. The largest absolute Gasteiger partial charge is 0.459 e. The van der Waals surface area contributed by atoms with E-state index in [4.69, 9.17) is 4.42 Å². The van der Waals surface area contributed by atoms with E-state index in [0.717, 1.165) is 55.0 Å². The van der Waals surface area contributed by atoms with E-state index in [1.165, 1.54) is 19.3 Å². The van der Waals surface area contributed by atoms with Crippen molar-refractivity contribution >= 4 is 22.8 Å². The lowest BCUT2D eigenvalue weighted by molar-refractivity contribution is -0.135. The number of likely N-dealkylation sites (tertiary alicyclic amines) is 1. The van der Waals surface area contributed by atoms with Crippen LogP contribution in [0.4, 0.5) is 0 Å². The van der Waals surface area contributed by atoms with Gasteiger partial charge in [0.25, 0.3) is 0 Å². The first-order valence-electron chi connectivity index (χ1n) is 10.5. The van der Waals surface area contributed by atoms with Crippen molar-refractivity contribution in [1.82, 2.24) is 15.5 Å². The van der Waals surface area contributed by atoms with Crippen LogP contribution in [-0.4, -0.2) is 42.9 Å². The standard InChI is InChI=1S/C22H30N4O2/c1-23-22(24-14-19-13-17-9-5-6-10-20(17)28-19)25-18-11-12-26(15-18)21(27)16-7-3-2-4-8-16/h5-6,9-10,13,16,18H,2-4,7-8,11-12,14-15H2,1H3,(H2,23,24,25). The number of benzene rings is 1. The van der Waals surface area contributed by atoms with Crippen molar-refractivity contribution in [2.45, 2.75) is 51.1 Å². The van der Waals surface area contributed by atoms with Crippen molar-refractivity contribution in [3.8, 4) is 0 Å². The molecule has 0 bridgehead atoms. The SMILES string of the molecule is CN=C(NCc1cc2ccccc2o1)NC1CCN(C(=O)C2CCCCC2)C1. The molecule has 2 fully saturated rings. The average Bonchev–Trinajstić information content (AvgIpc) is 3.37. The molecular weight excluding hydrogens is 352 g/mol. The fourth-order valence-corrected chi connectivity index (χ4v) is 4.37. The molecule has 6 heteroatoms. The van der Waals surface area contributed by atoms with E-state index in [1.54, 1.807) is 7.05 Å². The monoisotopic (exact) mass is 382 g/mol. The van der Waals surface area contributed by atoms with Crippen LogP contribution < -0.4 is 10.6 Å². The van der Waals surface area contributed by atoms with E-state index in [1.807, 2.05) is 29.2 Å². The maximum Gasteiger partial charge on any atom is 0.225 e. The number of guanidine groups is 1. The number of furan rings is 1. The molecule has 1 unspecified atom stereocenters. The highest BCUT2D eigenvalue weighted by molar-refractivity contribution is 5.82. The van der Waals surface area contributed by atoms with Gasteiger partial charge in [-0.05, 0) is 31.4 Å². The first-order chi connectivity index (χ1) is 13.7. The highest BCUT2D eigenvalue weighted by atomic mass is 16.3. The third kappa shape index (κ3) is 4.32. The van der Waals surface area contributed by atoms with Gasteiger partial charge in [-0.1, -0.05) is 37.5 Å². The summed E-state index contributed by atoms with van der Waals surface area (Å²) < 4.78 is 5.85. The molecule has 2 N–H and O–H groups in total. The predicted octanol–water partition coefficient (Wildman–Crippen LogP) is 3.28. The minimum Gasteiger partial charge on any atom is -0.459 e. The first-order valence-corrected chi connectivity index (χ1v) is 10.5. The zero-order valence-corrected chi connectivity index (χ0v) is 16.6. The van der Waals surface area contributed by atoms with Crippen LogP contribution in [0, 0.1) is 5.92 Å². The number of carbonyl (C=O) groups excluding carboxylic acids is 1. The molecule has 6 nitrogen and oxygen atoms in total. The Labute approximate surface area is 166 Å². The Kier molecular flexibility index (Phi) is 5.84. The summed E-state index contributed by atoms with van der Waals surface area (Å²) in [6.07, 6.45) is 6.77. The lowest BCUT2D eigenvalue weighted by atomic mass is 9.88. The molecule has 150 valence electrons. The lowest BCUT2D eigenvalue weighted by Gasteiger charge is -2.26. The van der Waals surface area contributed by atoms with E-state index < -0.39 is 0 Å². The molecule has 0 spiro atoms. The molecule has 1 aromatic carbocycles. The summed E-state index contributed by atoms with van der Waals surface area (Å²) in [5.41, 5.74) is 0.898. The van der Waals surface area contributed by atoms with Gasteiger partial charge in [0.15, 0.2) is 5.96 Å². The molecule has 2 aliphatic rings. The molecule has 2 aromatic rings. The van der Waals surface area contributed by atoms with Crippen molar-refractivity contribution in [2.24, 2.45) is 10.9 Å². The number of fused-ring (bicyclic) bond motifs is 1. The van der Waals surface area contributed by atoms with E-state index in [2.05, 4.69) is 21.7 Å². The summed E-state index contributed by atoms with van der Waals surface area (Å²) in [5.74, 6) is 2.23. The summed E-state index contributed by atoms with van der Waals surface area (Å²) in [6, 6.07) is 10.3. The van der Waals surface area contributed by atoms with Crippen LogP contribution in [0.25, 0.3) is 11.0 Å². The van der Waals surface area contributed by atoms with Gasteiger partial charge < -0.3 is 20.0 Å². The van der Waals surface area contributed by atoms with E-state index in [0.29, 0.717) is 12.5 Å². The van der Waals surface area contributed by atoms with Gasteiger partial charge >= 0.3 is 0 Å². The van der Waals surface area contributed by atoms with Gasteiger partial charge in [-0.2, -0.15) is 0 Å². The molecule has 4 rings (SSSR count). The average molecular weight is 383 g/mol. The van der Waals surface area contributed by atoms with E-state index in [9.17, 15) is 4.79 Å². The molecule has 1 atom stereocenters.